The lowest BCUT2D eigenvalue weighted by Crippen LogP contribution is -2.27. The Morgan fingerprint density at radius 3 is 2.79 bits per heavy atom. The molecule has 1 aromatic heterocycles. The fraction of sp³-hybridized carbons (Fsp3) is 0.100. The van der Waals surface area contributed by atoms with Crippen LogP contribution in [-0.4, -0.2) is 11.8 Å². The highest BCUT2D eigenvalue weighted by Crippen LogP contribution is 2.09. The minimum Gasteiger partial charge on any atom is -0.267 e. The summed E-state index contributed by atoms with van der Waals surface area (Å²) in [5.41, 5.74) is 3.17. The quantitative estimate of drug-likeness (QED) is 0.721. The molecule has 0 spiro atoms. The molecule has 2 aromatic rings. The lowest BCUT2D eigenvalue weighted by Gasteiger charge is -2.09. The average Bonchev–Trinajstić information content (AvgIpc) is 2.23. The van der Waals surface area contributed by atoms with Crippen molar-refractivity contribution < 1.29 is 4.84 Å². The Balaban J connectivity index is 2.76. The molecule has 0 atom stereocenters. The van der Waals surface area contributed by atoms with Crippen molar-refractivity contribution in [2.24, 2.45) is 0 Å². The fourth-order valence-corrected chi connectivity index (χ4v) is 1.37. The lowest BCUT2D eigenvalue weighted by atomic mass is 10.2. The summed E-state index contributed by atoms with van der Waals surface area (Å²) in [5, 5.41) is 0.983. The standard InChI is InChI=1S/C10H10N2O2/c1-14-11-12-9-5-3-2-4-8(9)6-7-10(12)13/h2-7,11H,1H3. The van der Waals surface area contributed by atoms with Crippen LogP contribution in [0.4, 0.5) is 0 Å². The van der Waals surface area contributed by atoms with Gasteiger partial charge in [0.05, 0.1) is 12.6 Å². The zero-order valence-corrected chi connectivity index (χ0v) is 7.73. The van der Waals surface area contributed by atoms with Crippen molar-refractivity contribution in [2.45, 2.75) is 0 Å². The van der Waals surface area contributed by atoms with Gasteiger partial charge < -0.3 is 0 Å². The monoisotopic (exact) mass is 190 g/mol. The zero-order chi connectivity index (χ0) is 9.97. The van der Waals surface area contributed by atoms with E-state index in [0.29, 0.717) is 0 Å². The van der Waals surface area contributed by atoms with Gasteiger partial charge in [0, 0.05) is 11.5 Å². The second-order valence-corrected chi connectivity index (χ2v) is 2.86. The predicted octanol–water partition coefficient (Wildman–Crippen LogP) is 1.11. The Kier molecular flexibility index (Phi) is 2.20. The normalized spacial score (nSPS) is 10.4. The molecule has 0 aliphatic rings. The van der Waals surface area contributed by atoms with E-state index in [4.69, 9.17) is 4.84 Å². The molecule has 0 fully saturated rings. The molecule has 0 saturated heterocycles. The van der Waals surface area contributed by atoms with Crippen molar-refractivity contribution in [1.82, 2.24) is 4.68 Å². The minimum absolute atomic E-state index is 0.148. The van der Waals surface area contributed by atoms with E-state index in [9.17, 15) is 4.79 Å². The number of benzene rings is 1. The van der Waals surface area contributed by atoms with Crippen molar-refractivity contribution in [3.05, 3.63) is 46.8 Å². The number of rotatable bonds is 2. The van der Waals surface area contributed by atoms with Gasteiger partial charge in [0.1, 0.15) is 0 Å². The second kappa shape index (κ2) is 3.51. The van der Waals surface area contributed by atoms with Gasteiger partial charge in [-0.2, -0.15) is 10.3 Å². The SMILES string of the molecule is CONn1c(=O)ccc2ccccc21. The number of hydrogen-bond donors (Lipinski definition) is 1. The molecule has 0 aliphatic carbocycles. The third kappa shape index (κ3) is 1.36. The molecule has 1 aromatic carbocycles. The highest BCUT2D eigenvalue weighted by atomic mass is 16.7. The molecular weight excluding hydrogens is 180 g/mol. The van der Waals surface area contributed by atoms with Crippen LogP contribution < -0.4 is 11.1 Å². The predicted molar refractivity (Wildman–Crippen MR) is 54.6 cm³/mol. The van der Waals surface area contributed by atoms with Crippen LogP contribution in [0, 0.1) is 0 Å². The van der Waals surface area contributed by atoms with Crippen LogP contribution in [0.1, 0.15) is 0 Å². The van der Waals surface area contributed by atoms with Gasteiger partial charge in [0.15, 0.2) is 0 Å². The topological polar surface area (TPSA) is 43.3 Å². The number of fused-ring (bicyclic) bond motifs is 1. The molecule has 1 heterocycles. The van der Waals surface area contributed by atoms with Crippen LogP contribution in [-0.2, 0) is 4.84 Å². The summed E-state index contributed by atoms with van der Waals surface area (Å²) >= 11 is 0. The fourth-order valence-electron chi connectivity index (χ4n) is 1.37. The molecule has 72 valence electrons. The summed E-state index contributed by atoms with van der Waals surface area (Å²) in [5.74, 6) is 0. The van der Waals surface area contributed by atoms with E-state index in [1.165, 1.54) is 17.9 Å². The van der Waals surface area contributed by atoms with Crippen LogP contribution in [0.3, 0.4) is 0 Å². The first-order valence-electron chi connectivity index (χ1n) is 4.23. The molecule has 1 N–H and O–H groups in total. The molecule has 0 bridgehead atoms. The number of pyridine rings is 1. The zero-order valence-electron chi connectivity index (χ0n) is 7.73. The Bertz CT molecular complexity index is 505. The second-order valence-electron chi connectivity index (χ2n) is 2.86. The molecule has 0 amide bonds. The number of aromatic nitrogens is 1. The first kappa shape index (κ1) is 8.77. The molecule has 0 saturated carbocycles. The van der Waals surface area contributed by atoms with E-state index in [-0.39, 0.29) is 5.56 Å². The van der Waals surface area contributed by atoms with Crippen LogP contribution in [0.25, 0.3) is 10.9 Å². The largest absolute Gasteiger partial charge is 0.271 e. The van der Waals surface area contributed by atoms with Crippen molar-refractivity contribution in [3.8, 4) is 0 Å². The number of hydrogen-bond acceptors (Lipinski definition) is 3. The summed E-state index contributed by atoms with van der Waals surface area (Å²) in [7, 11) is 1.47. The first-order chi connectivity index (χ1) is 6.83. The van der Waals surface area contributed by atoms with E-state index >= 15 is 0 Å². The Morgan fingerprint density at radius 1 is 1.21 bits per heavy atom. The molecule has 0 aliphatic heterocycles. The maximum atomic E-state index is 11.4. The number of para-hydroxylation sites is 1. The van der Waals surface area contributed by atoms with Crippen molar-refractivity contribution in [1.29, 1.82) is 0 Å². The highest BCUT2D eigenvalue weighted by Gasteiger charge is 2.00. The van der Waals surface area contributed by atoms with Gasteiger partial charge in [-0.3, -0.25) is 9.63 Å². The van der Waals surface area contributed by atoms with Gasteiger partial charge in [-0.15, -0.1) is 0 Å². The summed E-state index contributed by atoms with van der Waals surface area (Å²) in [4.78, 5) is 16.2. The maximum absolute atomic E-state index is 11.4. The van der Waals surface area contributed by atoms with Gasteiger partial charge >= 0.3 is 0 Å². The van der Waals surface area contributed by atoms with Gasteiger partial charge in [-0.05, 0) is 12.1 Å². The van der Waals surface area contributed by atoms with Gasteiger partial charge in [-0.1, -0.05) is 18.2 Å². The van der Waals surface area contributed by atoms with Crippen LogP contribution >= 0.6 is 0 Å². The maximum Gasteiger partial charge on any atom is 0.271 e. The van der Waals surface area contributed by atoms with Crippen molar-refractivity contribution >= 4 is 10.9 Å². The molecule has 0 radical (unpaired) electrons. The van der Waals surface area contributed by atoms with E-state index in [1.807, 2.05) is 24.3 Å². The van der Waals surface area contributed by atoms with Gasteiger partial charge in [0.2, 0.25) is 0 Å². The third-order valence-electron chi connectivity index (χ3n) is 1.99. The van der Waals surface area contributed by atoms with Gasteiger partial charge in [0.25, 0.3) is 5.56 Å². The summed E-state index contributed by atoms with van der Waals surface area (Å²) in [6, 6.07) is 10.9. The number of nitrogens with zero attached hydrogens (tertiary/aromatic N) is 1. The Hall–Kier alpha value is -1.81. The summed E-state index contributed by atoms with van der Waals surface area (Å²) in [6.07, 6.45) is 0. The van der Waals surface area contributed by atoms with E-state index in [0.717, 1.165) is 10.9 Å². The van der Waals surface area contributed by atoms with Crippen molar-refractivity contribution in [2.75, 3.05) is 12.7 Å². The first-order valence-corrected chi connectivity index (χ1v) is 4.23. The summed E-state index contributed by atoms with van der Waals surface area (Å²) < 4.78 is 1.36. The van der Waals surface area contributed by atoms with Crippen LogP contribution in [0.5, 0.6) is 0 Å². The lowest BCUT2D eigenvalue weighted by molar-refractivity contribution is 0.221. The molecule has 4 nitrogen and oxygen atoms in total. The Morgan fingerprint density at radius 2 is 2.00 bits per heavy atom. The van der Waals surface area contributed by atoms with E-state index in [1.54, 1.807) is 6.07 Å². The number of nitrogens with one attached hydrogen (secondary N) is 1. The van der Waals surface area contributed by atoms with Crippen LogP contribution in [0.15, 0.2) is 41.2 Å². The van der Waals surface area contributed by atoms with Crippen molar-refractivity contribution in [3.63, 3.8) is 0 Å². The van der Waals surface area contributed by atoms with Crippen LogP contribution in [0.2, 0.25) is 0 Å². The van der Waals surface area contributed by atoms with E-state index < -0.39 is 0 Å². The van der Waals surface area contributed by atoms with E-state index in [2.05, 4.69) is 5.59 Å². The molecule has 14 heavy (non-hydrogen) atoms. The minimum atomic E-state index is -0.148. The highest BCUT2D eigenvalue weighted by molar-refractivity contribution is 5.78. The molecule has 2 rings (SSSR count). The third-order valence-corrected chi connectivity index (χ3v) is 1.99. The molecular formula is C10H10N2O2. The Labute approximate surface area is 80.7 Å². The van der Waals surface area contributed by atoms with Gasteiger partial charge in [-0.25, -0.2) is 0 Å². The average molecular weight is 190 g/mol. The smallest absolute Gasteiger partial charge is 0.267 e. The molecule has 4 heteroatoms. The summed E-state index contributed by atoms with van der Waals surface area (Å²) in [6.45, 7) is 0. The molecule has 0 unspecified atom stereocenters.